The van der Waals surface area contributed by atoms with Gasteiger partial charge in [0.1, 0.15) is 18.1 Å². The number of benzene rings is 4. The molecule has 0 saturated carbocycles. The summed E-state index contributed by atoms with van der Waals surface area (Å²) in [6.07, 6.45) is 2.64. The lowest BCUT2D eigenvalue weighted by Gasteiger charge is -2.28. The van der Waals surface area contributed by atoms with Gasteiger partial charge in [-0.1, -0.05) is 60.7 Å². The highest BCUT2D eigenvalue weighted by Gasteiger charge is 2.24. The van der Waals surface area contributed by atoms with Gasteiger partial charge in [0.2, 0.25) is 5.91 Å². The summed E-state index contributed by atoms with van der Waals surface area (Å²) in [5.74, 6) is 0.0128. The van der Waals surface area contributed by atoms with Crippen molar-refractivity contribution in [3.05, 3.63) is 137 Å². The van der Waals surface area contributed by atoms with Crippen LogP contribution in [0.5, 0.6) is 5.75 Å². The van der Waals surface area contributed by atoms with E-state index in [1.165, 1.54) is 12.1 Å². The van der Waals surface area contributed by atoms with Gasteiger partial charge in [0.15, 0.2) is 0 Å². The SMILES string of the molecule is CCOc1ccc(CN(CCc2c[nH]c3ccccc23)C(=O)CN(Cc2ccc(F)cc2)C(=O)c2ccccc2C)cc1. The maximum Gasteiger partial charge on any atom is 0.254 e. The van der Waals surface area contributed by atoms with Crippen LogP contribution in [0.4, 0.5) is 4.39 Å². The number of carbonyl (C=O) groups is 2. The number of ether oxygens (including phenoxy) is 1. The molecule has 4 aromatic carbocycles. The molecule has 0 saturated heterocycles. The van der Waals surface area contributed by atoms with Gasteiger partial charge in [-0.3, -0.25) is 9.59 Å². The molecule has 0 bridgehead atoms. The average Bonchev–Trinajstić information content (AvgIpc) is 3.44. The molecular formula is C36H36FN3O3. The number of aromatic nitrogens is 1. The molecule has 7 heteroatoms. The molecule has 0 atom stereocenters. The van der Waals surface area contributed by atoms with Crippen molar-refractivity contribution in [2.75, 3.05) is 19.7 Å². The first kappa shape index (κ1) is 29.6. The highest BCUT2D eigenvalue weighted by Crippen LogP contribution is 2.21. The molecule has 0 aliphatic heterocycles. The second-order valence-corrected chi connectivity index (χ2v) is 10.6. The molecule has 0 aliphatic rings. The largest absolute Gasteiger partial charge is 0.494 e. The van der Waals surface area contributed by atoms with Crippen LogP contribution < -0.4 is 4.74 Å². The van der Waals surface area contributed by atoms with E-state index in [4.69, 9.17) is 4.74 Å². The third-order valence-electron chi connectivity index (χ3n) is 7.56. The van der Waals surface area contributed by atoms with E-state index < -0.39 is 0 Å². The summed E-state index contributed by atoms with van der Waals surface area (Å²) in [6.45, 7) is 5.31. The van der Waals surface area contributed by atoms with Crippen LogP contribution in [0.15, 0.2) is 103 Å². The van der Waals surface area contributed by atoms with Gasteiger partial charge in [-0.05, 0) is 78.9 Å². The van der Waals surface area contributed by atoms with E-state index in [1.54, 1.807) is 28.0 Å². The number of para-hydroxylation sites is 1. The van der Waals surface area contributed by atoms with Gasteiger partial charge in [0.05, 0.1) is 6.61 Å². The summed E-state index contributed by atoms with van der Waals surface area (Å²) in [5.41, 5.74) is 5.25. The fourth-order valence-corrected chi connectivity index (χ4v) is 5.22. The molecule has 5 aromatic rings. The summed E-state index contributed by atoms with van der Waals surface area (Å²) in [4.78, 5) is 34.5. The van der Waals surface area contributed by atoms with Crippen molar-refractivity contribution in [2.45, 2.75) is 33.4 Å². The molecule has 0 spiro atoms. The third-order valence-corrected chi connectivity index (χ3v) is 7.56. The zero-order chi connectivity index (χ0) is 30.2. The summed E-state index contributed by atoms with van der Waals surface area (Å²) >= 11 is 0. The number of aryl methyl sites for hydroxylation is 1. The van der Waals surface area contributed by atoms with E-state index in [0.29, 0.717) is 31.7 Å². The summed E-state index contributed by atoms with van der Waals surface area (Å²) in [6, 6.07) is 29.2. The number of hydrogen-bond acceptors (Lipinski definition) is 3. The molecule has 6 nitrogen and oxygen atoms in total. The van der Waals surface area contributed by atoms with Gasteiger partial charge in [-0.15, -0.1) is 0 Å². The fourth-order valence-electron chi connectivity index (χ4n) is 5.22. The highest BCUT2D eigenvalue weighted by molar-refractivity contribution is 5.97. The smallest absolute Gasteiger partial charge is 0.254 e. The van der Waals surface area contributed by atoms with Crippen LogP contribution in [-0.4, -0.2) is 46.3 Å². The molecule has 1 aromatic heterocycles. The van der Waals surface area contributed by atoms with Gasteiger partial charge in [0.25, 0.3) is 5.91 Å². The third kappa shape index (κ3) is 7.49. The Balaban J connectivity index is 1.41. The Bertz CT molecular complexity index is 1680. The number of amides is 2. The molecule has 220 valence electrons. The molecule has 0 unspecified atom stereocenters. The standard InChI is InChI=1S/C36H36FN3O3/c1-3-43-31-18-14-28(15-19-31)23-39(21-20-29-22-38-34-11-7-6-10-33(29)34)35(41)25-40(24-27-12-16-30(37)17-13-27)36(42)32-9-5-4-8-26(32)2/h4-19,22,38H,3,20-21,23-25H2,1-2H3. The lowest BCUT2D eigenvalue weighted by molar-refractivity contribution is -0.132. The Kier molecular flexibility index (Phi) is 9.52. The predicted molar refractivity (Wildman–Crippen MR) is 167 cm³/mol. The Morgan fingerprint density at radius 2 is 1.47 bits per heavy atom. The number of H-pyrrole nitrogens is 1. The van der Waals surface area contributed by atoms with Crippen molar-refractivity contribution in [3.8, 4) is 5.75 Å². The van der Waals surface area contributed by atoms with Crippen molar-refractivity contribution < 1.29 is 18.7 Å². The number of fused-ring (bicyclic) bond motifs is 1. The average molecular weight is 578 g/mol. The Labute approximate surface area is 251 Å². The van der Waals surface area contributed by atoms with Gasteiger partial charge in [0, 0.05) is 42.3 Å². The number of aromatic amines is 1. The Hall–Kier alpha value is -4.91. The number of rotatable bonds is 12. The van der Waals surface area contributed by atoms with Crippen LogP contribution in [0.1, 0.15) is 39.5 Å². The summed E-state index contributed by atoms with van der Waals surface area (Å²) < 4.78 is 19.2. The topological polar surface area (TPSA) is 65.6 Å². The molecule has 0 radical (unpaired) electrons. The van der Waals surface area contributed by atoms with Crippen LogP contribution in [-0.2, 0) is 24.3 Å². The molecule has 43 heavy (non-hydrogen) atoms. The van der Waals surface area contributed by atoms with E-state index in [2.05, 4.69) is 11.1 Å². The van der Waals surface area contributed by atoms with Crippen molar-refractivity contribution in [3.63, 3.8) is 0 Å². The predicted octanol–water partition coefficient (Wildman–Crippen LogP) is 6.93. The number of nitrogens with zero attached hydrogens (tertiary/aromatic N) is 2. The minimum absolute atomic E-state index is 0.116. The lowest BCUT2D eigenvalue weighted by atomic mass is 10.1. The van der Waals surface area contributed by atoms with E-state index >= 15 is 0 Å². The quantitative estimate of drug-likeness (QED) is 0.175. The molecular weight excluding hydrogens is 541 g/mol. The second-order valence-electron chi connectivity index (χ2n) is 10.6. The Morgan fingerprint density at radius 3 is 2.19 bits per heavy atom. The second kappa shape index (κ2) is 13.8. The van der Waals surface area contributed by atoms with E-state index in [1.807, 2.05) is 80.7 Å². The van der Waals surface area contributed by atoms with Crippen LogP contribution in [0.3, 0.4) is 0 Å². The minimum atomic E-state index is -0.351. The fraction of sp³-hybridized carbons (Fsp3) is 0.222. The van der Waals surface area contributed by atoms with Crippen LogP contribution >= 0.6 is 0 Å². The lowest BCUT2D eigenvalue weighted by Crippen LogP contribution is -2.43. The maximum atomic E-state index is 14.1. The first-order chi connectivity index (χ1) is 20.9. The number of hydrogen-bond donors (Lipinski definition) is 1. The number of carbonyl (C=O) groups excluding carboxylic acids is 2. The first-order valence-corrected chi connectivity index (χ1v) is 14.5. The van der Waals surface area contributed by atoms with Crippen LogP contribution in [0.2, 0.25) is 0 Å². The monoisotopic (exact) mass is 577 g/mol. The zero-order valence-corrected chi connectivity index (χ0v) is 24.6. The molecule has 1 heterocycles. The zero-order valence-electron chi connectivity index (χ0n) is 24.6. The Morgan fingerprint density at radius 1 is 0.814 bits per heavy atom. The molecule has 0 aliphatic carbocycles. The van der Waals surface area contributed by atoms with Crippen LogP contribution in [0.25, 0.3) is 10.9 Å². The van der Waals surface area contributed by atoms with E-state index in [9.17, 15) is 14.0 Å². The first-order valence-electron chi connectivity index (χ1n) is 14.5. The number of nitrogens with one attached hydrogen (secondary N) is 1. The molecule has 5 rings (SSSR count). The van der Waals surface area contributed by atoms with Gasteiger partial charge < -0.3 is 19.5 Å². The van der Waals surface area contributed by atoms with Crippen molar-refractivity contribution >= 4 is 22.7 Å². The van der Waals surface area contributed by atoms with Gasteiger partial charge in [-0.25, -0.2) is 4.39 Å². The normalized spacial score (nSPS) is 11.0. The molecule has 0 fully saturated rings. The van der Waals surface area contributed by atoms with Crippen molar-refractivity contribution in [2.24, 2.45) is 0 Å². The molecule has 1 N–H and O–H groups in total. The van der Waals surface area contributed by atoms with Crippen LogP contribution in [0, 0.1) is 12.7 Å². The summed E-state index contributed by atoms with van der Waals surface area (Å²) in [5, 5.41) is 1.13. The number of halogens is 1. The van der Waals surface area contributed by atoms with Gasteiger partial charge in [-0.2, -0.15) is 0 Å². The van der Waals surface area contributed by atoms with Gasteiger partial charge >= 0.3 is 0 Å². The van der Waals surface area contributed by atoms with E-state index in [0.717, 1.165) is 38.9 Å². The van der Waals surface area contributed by atoms with Crippen molar-refractivity contribution in [1.29, 1.82) is 0 Å². The maximum absolute atomic E-state index is 14.1. The summed E-state index contributed by atoms with van der Waals surface area (Å²) in [7, 11) is 0. The highest BCUT2D eigenvalue weighted by atomic mass is 19.1. The van der Waals surface area contributed by atoms with Crippen molar-refractivity contribution in [1.82, 2.24) is 14.8 Å². The van der Waals surface area contributed by atoms with E-state index in [-0.39, 0.29) is 30.7 Å². The molecule has 2 amide bonds. The minimum Gasteiger partial charge on any atom is -0.494 e.